The molecule has 0 aliphatic rings. The molecule has 2 aromatic heterocycles. The summed E-state index contributed by atoms with van der Waals surface area (Å²) in [7, 11) is 8.19. The molecule has 282 valence electrons. The monoisotopic (exact) mass is 763 g/mol. The molecule has 0 fully saturated rings. The van der Waals surface area contributed by atoms with Crippen LogP contribution in [0.15, 0.2) is 152 Å². The first-order valence-corrected chi connectivity index (χ1v) is 22.0. The van der Waals surface area contributed by atoms with Crippen LogP contribution < -0.4 is 14.4 Å². The summed E-state index contributed by atoms with van der Waals surface area (Å²) in [5.74, 6) is 2.38. The molecule has 0 saturated carbocycles. The summed E-state index contributed by atoms with van der Waals surface area (Å²) in [5.41, 5.74) is 10.1. The molecule has 0 spiro atoms. The van der Waals surface area contributed by atoms with Gasteiger partial charge in [-0.2, -0.15) is 0 Å². The number of hydrogen-bond donors (Lipinski definition) is 0. The fourth-order valence-electron chi connectivity index (χ4n) is 6.48. The first kappa shape index (κ1) is 39.8. The van der Waals surface area contributed by atoms with E-state index in [4.69, 9.17) is 0 Å². The van der Waals surface area contributed by atoms with Gasteiger partial charge in [0, 0.05) is 80.6 Å². The molecule has 0 aliphatic heterocycles. The Bertz CT molecular complexity index is 2020. The van der Waals surface area contributed by atoms with Crippen LogP contribution in [-0.4, -0.2) is 29.2 Å². The SMILES string of the molecule is Cn1ccc(/C=C/c2ccc(N(CCCCSSCCCCN(Cc3ccccc3)c3ccc(/C=C/c4cc[n+](C)cc4)cc3)Cc3ccccc3)cc2)c1. The smallest absolute Gasteiger partial charge is 0.169 e. The minimum atomic E-state index is 0.926. The van der Waals surface area contributed by atoms with Gasteiger partial charge in [-0.25, -0.2) is 4.57 Å². The number of benzene rings is 4. The molecule has 0 unspecified atom stereocenters. The van der Waals surface area contributed by atoms with Crippen LogP contribution in [-0.2, 0) is 27.2 Å². The maximum absolute atomic E-state index is 2.54. The predicted octanol–water partition coefficient (Wildman–Crippen LogP) is 11.8. The predicted molar refractivity (Wildman–Crippen MR) is 242 cm³/mol. The minimum absolute atomic E-state index is 0.926. The van der Waals surface area contributed by atoms with E-state index in [9.17, 15) is 0 Å². The number of aromatic nitrogens is 2. The van der Waals surface area contributed by atoms with Crippen molar-refractivity contribution in [3.63, 3.8) is 0 Å². The summed E-state index contributed by atoms with van der Waals surface area (Å²) < 4.78 is 4.14. The Hall–Kier alpha value is -4.91. The molecule has 6 heteroatoms. The van der Waals surface area contributed by atoms with E-state index in [-0.39, 0.29) is 0 Å². The molecule has 0 amide bonds. The van der Waals surface area contributed by atoms with Crippen molar-refractivity contribution in [3.8, 4) is 0 Å². The third-order valence-electron chi connectivity index (χ3n) is 9.64. The van der Waals surface area contributed by atoms with Gasteiger partial charge in [0.15, 0.2) is 12.4 Å². The van der Waals surface area contributed by atoms with Gasteiger partial charge < -0.3 is 14.4 Å². The van der Waals surface area contributed by atoms with Crippen LogP contribution in [0.2, 0.25) is 0 Å². The van der Waals surface area contributed by atoms with Gasteiger partial charge in [0.2, 0.25) is 0 Å². The van der Waals surface area contributed by atoms with Crippen LogP contribution in [0.25, 0.3) is 24.3 Å². The molecular formula is C49H55N4S2+. The molecule has 4 nitrogen and oxygen atoms in total. The van der Waals surface area contributed by atoms with Gasteiger partial charge in [0.25, 0.3) is 0 Å². The van der Waals surface area contributed by atoms with E-state index in [0.717, 1.165) is 26.2 Å². The Labute approximate surface area is 337 Å². The molecule has 0 aliphatic carbocycles. The first-order chi connectivity index (χ1) is 27.1. The highest BCUT2D eigenvalue weighted by Gasteiger charge is 2.10. The van der Waals surface area contributed by atoms with E-state index < -0.39 is 0 Å². The van der Waals surface area contributed by atoms with Crippen LogP contribution >= 0.6 is 21.6 Å². The van der Waals surface area contributed by atoms with Crippen molar-refractivity contribution in [2.24, 2.45) is 14.1 Å². The van der Waals surface area contributed by atoms with Gasteiger partial charge in [-0.05, 0) is 89.4 Å². The van der Waals surface area contributed by atoms with Gasteiger partial charge >= 0.3 is 0 Å². The van der Waals surface area contributed by atoms with Crippen molar-refractivity contribution >= 4 is 57.3 Å². The molecule has 0 saturated heterocycles. The number of rotatable bonds is 21. The quantitative estimate of drug-likeness (QED) is 0.0412. The van der Waals surface area contributed by atoms with Crippen LogP contribution in [0.5, 0.6) is 0 Å². The van der Waals surface area contributed by atoms with Crippen molar-refractivity contribution in [1.82, 2.24) is 4.57 Å². The second-order valence-corrected chi connectivity index (χ2v) is 16.8. The van der Waals surface area contributed by atoms with Gasteiger partial charge in [-0.1, -0.05) is 131 Å². The number of anilines is 2. The number of hydrogen-bond acceptors (Lipinski definition) is 4. The van der Waals surface area contributed by atoms with Crippen molar-refractivity contribution in [1.29, 1.82) is 0 Å². The van der Waals surface area contributed by atoms with Crippen LogP contribution in [0.1, 0.15) is 59.1 Å². The highest BCUT2D eigenvalue weighted by Crippen LogP contribution is 2.26. The highest BCUT2D eigenvalue weighted by atomic mass is 33.1. The summed E-state index contributed by atoms with van der Waals surface area (Å²) in [6.07, 6.45) is 21.9. The average Bonchev–Trinajstić information content (AvgIpc) is 3.65. The van der Waals surface area contributed by atoms with Crippen molar-refractivity contribution in [3.05, 3.63) is 186 Å². The molecule has 0 radical (unpaired) electrons. The first-order valence-electron chi connectivity index (χ1n) is 19.5. The van der Waals surface area contributed by atoms with Crippen molar-refractivity contribution < 1.29 is 4.57 Å². The molecule has 4 aromatic carbocycles. The topological polar surface area (TPSA) is 15.3 Å². The summed E-state index contributed by atoms with van der Waals surface area (Å²) in [6, 6.07) is 46.2. The maximum atomic E-state index is 2.54. The van der Waals surface area contributed by atoms with Crippen LogP contribution in [0.4, 0.5) is 11.4 Å². The second-order valence-electron chi connectivity index (χ2n) is 14.1. The van der Waals surface area contributed by atoms with Gasteiger partial charge in [-0.15, -0.1) is 0 Å². The maximum Gasteiger partial charge on any atom is 0.169 e. The number of nitrogens with zero attached hydrogens (tertiary/aromatic N) is 4. The highest BCUT2D eigenvalue weighted by molar-refractivity contribution is 8.76. The van der Waals surface area contributed by atoms with Crippen LogP contribution in [0, 0.1) is 0 Å². The van der Waals surface area contributed by atoms with E-state index in [0.29, 0.717) is 0 Å². The number of aryl methyl sites for hydroxylation is 2. The number of pyridine rings is 1. The van der Waals surface area contributed by atoms with Crippen LogP contribution in [0.3, 0.4) is 0 Å². The van der Waals surface area contributed by atoms with E-state index >= 15 is 0 Å². The fraction of sp³-hybridized carbons (Fsp3) is 0.245. The van der Waals surface area contributed by atoms with Gasteiger partial charge in [0.05, 0.1) is 0 Å². The standard InChI is InChI=1S/C49H55N4S2/c1-50-34-29-44(30-35-50)18-17-42-21-25-48(26-22-42)52(40-45-13-5-3-6-14-45)32-9-11-37-54-55-38-12-10-33-53(41-46-15-7-4-8-16-46)49-27-23-43(24-28-49)19-20-47-31-36-51(2)39-47/h3-8,13-31,34-36,39H,9-12,32-33,37-38,40-41H2,1-2H3/q+1/b20-19+. The molecule has 0 atom stereocenters. The second kappa shape index (κ2) is 21.8. The van der Waals surface area contributed by atoms with Gasteiger partial charge in [-0.3, -0.25) is 0 Å². The molecule has 0 N–H and O–H groups in total. The lowest BCUT2D eigenvalue weighted by atomic mass is 10.1. The molecule has 6 rings (SSSR count). The zero-order chi connectivity index (χ0) is 37.9. The van der Waals surface area contributed by atoms with E-state index in [2.05, 4.69) is 202 Å². The molecule has 2 heterocycles. The molecule has 55 heavy (non-hydrogen) atoms. The normalized spacial score (nSPS) is 11.5. The lowest BCUT2D eigenvalue weighted by molar-refractivity contribution is -0.671. The summed E-state index contributed by atoms with van der Waals surface area (Å²) in [6.45, 7) is 3.96. The zero-order valence-electron chi connectivity index (χ0n) is 32.4. The van der Waals surface area contributed by atoms with E-state index in [1.807, 2.05) is 28.6 Å². The summed E-state index contributed by atoms with van der Waals surface area (Å²) >= 11 is 0. The summed E-state index contributed by atoms with van der Waals surface area (Å²) in [4.78, 5) is 5.07. The molecule has 0 bridgehead atoms. The molecular weight excluding hydrogens is 709 g/mol. The summed E-state index contributed by atoms with van der Waals surface area (Å²) in [5, 5.41) is 0. The van der Waals surface area contributed by atoms with E-state index in [1.165, 1.54) is 81.9 Å². The Balaban J connectivity index is 0.923. The lowest BCUT2D eigenvalue weighted by Gasteiger charge is -2.25. The zero-order valence-corrected chi connectivity index (χ0v) is 34.1. The Kier molecular flexibility index (Phi) is 15.8. The fourth-order valence-corrected chi connectivity index (χ4v) is 8.77. The minimum Gasteiger partial charge on any atom is -0.367 e. The average molecular weight is 764 g/mol. The largest absolute Gasteiger partial charge is 0.367 e. The Morgan fingerprint density at radius 1 is 0.509 bits per heavy atom. The van der Waals surface area contributed by atoms with Gasteiger partial charge in [0.1, 0.15) is 7.05 Å². The lowest BCUT2D eigenvalue weighted by Crippen LogP contribution is -2.25. The van der Waals surface area contributed by atoms with E-state index in [1.54, 1.807) is 0 Å². The van der Waals surface area contributed by atoms with Crippen molar-refractivity contribution in [2.75, 3.05) is 34.4 Å². The van der Waals surface area contributed by atoms with Crippen molar-refractivity contribution in [2.45, 2.75) is 38.8 Å². The third kappa shape index (κ3) is 13.7. The number of unbranched alkanes of at least 4 members (excludes halogenated alkanes) is 2. The molecule has 6 aromatic rings. The third-order valence-corrected chi connectivity index (χ3v) is 12.2. The Morgan fingerprint density at radius 2 is 0.945 bits per heavy atom. The Morgan fingerprint density at radius 3 is 1.38 bits per heavy atom.